The van der Waals surface area contributed by atoms with Gasteiger partial charge in [-0.2, -0.15) is 4.31 Å². The summed E-state index contributed by atoms with van der Waals surface area (Å²) in [6.07, 6.45) is 0.959. The SMILES string of the molecule is CCCn1c(CNc2cccc3ccccc23)nc2cc(S(=O)(=O)N3CCOCC3)ccc21. The molecule has 0 spiro atoms. The Labute approximate surface area is 194 Å². The van der Waals surface area contributed by atoms with Crippen molar-refractivity contribution in [3.63, 3.8) is 0 Å². The van der Waals surface area contributed by atoms with Crippen LogP contribution in [0.1, 0.15) is 19.2 Å². The number of anilines is 1. The molecule has 0 unspecified atom stereocenters. The minimum atomic E-state index is -3.56. The lowest BCUT2D eigenvalue weighted by atomic mass is 10.1. The minimum Gasteiger partial charge on any atom is -0.379 e. The van der Waals surface area contributed by atoms with Gasteiger partial charge in [0.2, 0.25) is 10.0 Å². The Morgan fingerprint density at radius 3 is 2.64 bits per heavy atom. The number of nitrogens with zero attached hydrogens (tertiary/aromatic N) is 3. The highest BCUT2D eigenvalue weighted by atomic mass is 32.2. The molecule has 2 heterocycles. The Balaban J connectivity index is 1.47. The zero-order valence-corrected chi connectivity index (χ0v) is 19.5. The first kappa shape index (κ1) is 21.9. The number of ether oxygens (including phenoxy) is 1. The van der Waals surface area contributed by atoms with Crippen LogP contribution in [-0.4, -0.2) is 48.6 Å². The number of benzene rings is 3. The molecule has 8 heteroatoms. The summed E-state index contributed by atoms with van der Waals surface area (Å²) in [6.45, 7) is 5.11. The van der Waals surface area contributed by atoms with Crippen LogP contribution < -0.4 is 5.32 Å². The van der Waals surface area contributed by atoms with Crippen LogP contribution in [0.3, 0.4) is 0 Å². The molecule has 1 saturated heterocycles. The quantitative estimate of drug-likeness (QED) is 0.443. The number of hydrogen-bond acceptors (Lipinski definition) is 5. The lowest BCUT2D eigenvalue weighted by Crippen LogP contribution is -2.40. The van der Waals surface area contributed by atoms with Crippen molar-refractivity contribution in [1.82, 2.24) is 13.9 Å². The Morgan fingerprint density at radius 1 is 1.03 bits per heavy atom. The molecule has 33 heavy (non-hydrogen) atoms. The molecule has 0 bridgehead atoms. The van der Waals surface area contributed by atoms with Crippen LogP contribution in [-0.2, 0) is 27.8 Å². The van der Waals surface area contributed by atoms with Gasteiger partial charge in [-0.3, -0.25) is 0 Å². The molecule has 7 nitrogen and oxygen atoms in total. The van der Waals surface area contributed by atoms with Gasteiger partial charge in [-0.15, -0.1) is 0 Å². The maximum absolute atomic E-state index is 13.1. The number of rotatable bonds is 7. The van der Waals surface area contributed by atoms with Crippen molar-refractivity contribution < 1.29 is 13.2 Å². The molecule has 1 N–H and O–H groups in total. The third-order valence-corrected chi connectivity index (χ3v) is 7.98. The van der Waals surface area contributed by atoms with Gasteiger partial charge in [0, 0.05) is 30.7 Å². The monoisotopic (exact) mass is 464 g/mol. The second-order valence-electron chi connectivity index (χ2n) is 8.23. The fraction of sp³-hybridized carbons (Fsp3) is 0.320. The standard InChI is InChI=1S/C25H28N4O3S/c1-2-12-29-24-11-10-20(33(30,31)28-13-15-32-16-14-28)17-23(24)27-25(29)18-26-22-9-5-7-19-6-3-4-8-21(19)22/h3-11,17,26H,2,12-16,18H2,1H3. The summed E-state index contributed by atoms with van der Waals surface area (Å²) in [4.78, 5) is 5.12. The lowest BCUT2D eigenvalue weighted by molar-refractivity contribution is 0.0730. The molecule has 0 radical (unpaired) electrons. The molecule has 1 aliphatic heterocycles. The Hall–Kier alpha value is -2.94. The molecular formula is C25H28N4O3S. The molecular weight excluding hydrogens is 436 g/mol. The van der Waals surface area contributed by atoms with Crippen molar-refractivity contribution in [3.8, 4) is 0 Å². The van der Waals surface area contributed by atoms with E-state index in [0.717, 1.165) is 35.4 Å². The van der Waals surface area contributed by atoms with Crippen molar-refractivity contribution in [2.75, 3.05) is 31.6 Å². The molecule has 5 rings (SSSR count). The third kappa shape index (κ3) is 4.21. The number of nitrogens with one attached hydrogen (secondary N) is 1. The van der Waals surface area contributed by atoms with Crippen molar-refractivity contribution in [2.45, 2.75) is 31.3 Å². The van der Waals surface area contributed by atoms with Gasteiger partial charge in [0.15, 0.2) is 0 Å². The summed E-state index contributed by atoms with van der Waals surface area (Å²) in [7, 11) is -3.56. The van der Waals surface area contributed by atoms with E-state index in [0.29, 0.717) is 38.4 Å². The highest BCUT2D eigenvalue weighted by Crippen LogP contribution is 2.26. The lowest BCUT2D eigenvalue weighted by Gasteiger charge is -2.26. The van der Waals surface area contributed by atoms with Gasteiger partial charge in [0.1, 0.15) is 5.82 Å². The van der Waals surface area contributed by atoms with Crippen molar-refractivity contribution >= 4 is 37.5 Å². The van der Waals surface area contributed by atoms with Gasteiger partial charge in [-0.1, -0.05) is 43.3 Å². The fourth-order valence-corrected chi connectivity index (χ4v) is 5.85. The van der Waals surface area contributed by atoms with Crippen molar-refractivity contribution in [2.24, 2.45) is 0 Å². The number of hydrogen-bond donors (Lipinski definition) is 1. The molecule has 0 atom stereocenters. The average Bonchev–Trinajstić information content (AvgIpc) is 3.20. The first-order valence-corrected chi connectivity index (χ1v) is 12.8. The maximum atomic E-state index is 13.1. The number of aryl methyl sites for hydroxylation is 1. The number of imidazole rings is 1. The van der Waals surface area contributed by atoms with Gasteiger partial charge in [0.25, 0.3) is 0 Å². The molecule has 1 aromatic heterocycles. The van der Waals surface area contributed by atoms with Crippen LogP contribution in [0.25, 0.3) is 21.8 Å². The van der Waals surface area contributed by atoms with Crippen LogP contribution in [0.4, 0.5) is 5.69 Å². The Kier molecular flexibility index (Phi) is 6.05. The summed E-state index contributed by atoms with van der Waals surface area (Å²) in [6, 6.07) is 19.8. The number of morpholine rings is 1. The highest BCUT2D eigenvalue weighted by molar-refractivity contribution is 7.89. The molecule has 1 fully saturated rings. The van der Waals surface area contributed by atoms with Crippen molar-refractivity contribution in [1.29, 1.82) is 0 Å². The second kappa shape index (κ2) is 9.13. The van der Waals surface area contributed by atoms with E-state index in [2.05, 4.69) is 41.1 Å². The zero-order valence-electron chi connectivity index (χ0n) is 18.7. The van der Waals surface area contributed by atoms with E-state index in [4.69, 9.17) is 9.72 Å². The minimum absolute atomic E-state index is 0.284. The van der Waals surface area contributed by atoms with Crippen LogP contribution >= 0.6 is 0 Å². The van der Waals surface area contributed by atoms with Crippen molar-refractivity contribution in [3.05, 3.63) is 66.5 Å². The molecule has 172 valence electrons. The van der Waals surface area contributed by atoms with E-state index in [9.17, 15) is 8.42 Å². The smallest absolute Gasteiger partial charge is 0.243 e. The van der Waals surface area contributed by atoms with Crippen LogP contribution in [0.2, 0.25) is 0 Å². The second-order valence-corrected chi connectivity index (χ2v) is 10.2. The van der Waals surface area contributed by atoms with E-state index in [-0.39, 0.29) is 4.90 Å². The molecule has 1 aliphatic rings. The normalized spacial score (nSPS) is 15.3. The molecule has 0 amide bonds. The molecule has 0 saturated carbocycles. The number of fused-ring (bicyclic) bond motifs is 2. The first-order chi connectivity index (χ1) is 16.1. The van der Waals surface area contributed by atoms with E-state index in [1.165, 1.54) is 9.69 Å². The van der Waals surface area contributed by atoms with Crippen LogP contribution in [0.15, 0.2) is 65.6 Å². The van der Waals surface area contributed by atoms with Gasteiger partial charge >= 0.3 is 0 Å². The zero-order chi connectivity index (χ0) is 22.8. The summed E-state index contributed by atoms with van der Waals surface area (Å²) in [5.74, 6) is 0.890. The Bertz CT molecular complexity index is 1390. The van der Waals surface area contributed by atoms with Gasteiger partial charge in [0.05, 0.1) is 35.7 Å². The maximum Gasteiger partial charge on any atom is 0.243 e. The fourth-order valence-electron chi connectivity index (χ4n) is 4.42. The third-order valence-electron chi connectivity index (χ3n) is 6.08. The number of sulfonamides is 1. The summed E-state index contributed by atoms with van der Waals surface area (Å²) < 4.78 is 35.2. The van der Waals surface area contributed by atoms with Crippen LogP contribution in [0.5, 0.6) is 0 Å². The summed E-state index contributed by atoms with van der Waals surface area (Å²) in [5.41, 5.74) is 2.71. The molecule has 4 aromatic rings. The topological polar surface area (TPSA) is 76.5 Å². The molecule has 3 aromatic carbocycles. The van der Waals surface area contributed by atoms with E-state index in [1.807, 2.05) is 24.3 Å². The van der Waals surface area contributed by atoms with Gasteiger partial charge < -0.3 is 14.6 Å². The van der Waals surface area contributed by atoms with Gasteiger partial charge in [-0.05, 0) is 36.1 Å². The van der Waals surface area contributed by atoms with E-state index in [1.54, 1.807) is 12.1 Å². The average molecular weight is 465 g/mol. The van der Waals surface area contributed by atoms with Crippen LogP contribution in [0, 0.1) is 0 Å². The predicted octanol–water partition coefficient (Wildman–Crippen LogP) is 4.23. The first-order valence-electron chi connectivity index (χ1n) is 11.4. The largest absolute Gasteiger partial charge is 0.379 e. The summed E-state index contributed by atoms with van der Waals surface area (Å²) in [5, 5.41) is 5.88. The highest BCUT2D eigenvalue weighted by Gasteiger charge is 2.27. The van der Waals surface area contributed by atoms with E-state index >= 15 is 0 Å². The summed E-state index contributed by atoms with van der Waals surface area (Å²) >= 11 is 0. The Morgan fingerprint density at radius 2 is 1.82 bits per heavy atom. The van der Waals surface area contributed by atoms with Gasteiger partial charge in [-0.25, -0.2) is 13.4 Å². The van der Waals surface area contributed by atoms with E-state index < -0.39 is 10.0 Å². The predicted molar refractivity (Wildman–Crippen MR) is 131 cm³/mol. The number of aromatic nitrogens is 2. The molecule has 0 aliphatic carbocycles.